The van der Waals surface area contributed by atoms with Crippen LogP contribution in [0.5, 0.6) is 5.75 Å². The lowest BCUT2D eigenvalue weighted by Crippen LogP contribution is -2.00. The van der Waals surface area contributed by atoms with Gasteiger partial charge in [0.15, 0.2) is 0 Å². The second-order valence-corrected chi connectivity index (χ2v) is 7.52. The molecule has 0 saturated heterocycles. The van der Waals surface area contributed by atoms with Crippen LogP contribution in [-0.2, 0) is 19.3 Å². The molecule has 112 valence electrons. The van der Waals surface area contributed by atoms with Gasteiger partial charge in [-0.3, -0.25) is 0 Å². The van der Waals surface area contributed by atoms with Gasteiger partial charge < -0.3 is 9.84 Å². The van der Waals surface area contributed by atoms with Crippen molar-refractivity contribution < 1.29 is 9.84 Å². The second kappa shape index (κ2) is 6.51. The van der Waals surface area contributed by atoms with Crippen LogP contribution in [0.4, 0.5) is 0 Å². The average Bonchev–Trinajstić information content (AvgIpc) is 2.91. The Labute approximate surface area is 137 Å². The smallest absolute Gasteiger partial charge is 0.133 e. The van der Waals surface area contributed by atoms with Crippen LogP contribution in [0.15, 0.2) is 28.7 Å². The lowest BCUT2D eigenvalue weighted by Gasteiger charge is -2.10. The number of aryl methyl sites for hydroxylation is 2. The van der Waals surface area contributed by atoms with E-state index in [1.165, 1.54) is 36.1 Å². The van der Waals surface area contributed by atoms with Gasteiger partial charge >= 0.3 is 0 Å². The number of thiophene rings is 1. The standard InChI is InChI=1S/C17H19BrO2S/c1-20-15-7-6-11(8-13(15)18)9-14(19)17-10-12-4-2-3-5-16(12)21-17/h6-8,10,14,19H,2-5,9H2,1H3. The third-order valence-corrected chi connectivity index (χ3v) is 5.95. The van der Waals surface area contributed by atoms with Crippen LogP contribution in [0, 0.1) is 0 Å². The summed E-state index contributed by atoms with van der Waals surface area (Å²) in [6.07, 6.45) is 5.15. The molecular weight excluding hydrogens is 348 g/mol. The largest absolute Gasteiger partial charge is 0.496 e. The Bertz CT molecular complexity index is 612. The summed E-state index contributed by atoms with van der Waals surface area (Å²) < 4.78 is 6.17. The molecule has 0 spiro atoms. The van der Waals surface area contributed by atoms with E-state index < -0.39 is 6.10 Å². The lowest BCUT2D eigenvalue weighted by atomic mass is 9.98. The minimum absolute atomic E-state index is 0.416. The molecule has 1 unspecified atom stereocenters. The molecule has 1 atom stereocenters. The SMILES string of the molecule is COc1ccc(CC(O)c2cc3c(s2)CCCC3)cc1Br. The fourth-order valence-corrected chi connectivity index (χ4v) is 4.67. The molecule has 0 amide bonds. The van der Waals surface area contributed by atoms with Crippen molar-refractivity contribution in [2.45, 2.75) is 38.2 Å². The zero-order valence-corrected chi connectivity index (χ0v) is 14.5. The number of ether oxygens (including phenoxy) is 1. The van der Waals surface area contributed by atoms with Crippen LogP contribution < -0.4 is 4.74 Å². The zero-order chi connectivity index (χ0) is 14.8. The molecule has 0 aliphatic heterocycles. The molecule has 1 aliphatic carbocycles. The summed E-state index contributed by atoms with van der Waals surface area (Å²) in [5, 5.41) is 10.5. The van der Waals surface area contributed by atoms with Gasteiger partial charge in [0.1, 0.15) is 5.75 Å². The van der Waals surface area contributed by atoms with Gasteiger partial charge in [-0.15, -0.1) is 11.3 Å². The molecule has 1 heterocycles. The van der Waals surface area contributed by atoms with Crippen molar-refractivity contribution in [1.82, 2.24) is 0 Å². The third-order valence-electron chi connectivity index (χ3n) is 3.99. The first kappa shape index (κ1) is 15.1. The van der Waals surface area contributed by atoms with Crippen molar-refractivity contribution >= 4 is 27.3 Å². The predicted molar refractivity (Wildman–Crippen MR) is 90.3 cm³/mol. The van der Waals surface area contributed by atoms with Gasteiger partial charge in [0.2, 0.25) is 0 Å². The molecule has 0 bridgehead atoms. The van der Waals surface area contributed by atoms with Gasteiger partial charge in [-0.25, -0.2) is 0 Å². The van der Waals surface area contributed by atoms with Crippen LogP contribution in [0.1, 0.15) is 39.8 Å². The fourth-order valence-electron chi connectivity index (χ4n) is 2.84. The van der Waals surface area contributed by atoms with Crippen LogP contribution in [0.25, 0.3) is 0 Å². The molecule has 3 rings (SSSR count). The van der Waals surface area contributed by atoms with Crippen molar-refractivity contribution in [3.05, 3.63) is 49.6 Å². The summed E-state index contributed by atoms with van der Waals surface area (Å²) in [5.74, 6) is 0.819. The van der Waals surface area contributed by atoms with Crippen molar-refractivity contribution in [3.8, 4) is 5.75 Å². The van der Waals surface area contributed by atoms with Crippen molar-refractivity contribution in [2.24, 2.45) is 0 Å². The summed E-state index contributed by atoms with van der Waals surface area (Å²) in [4.78, 5) is 2.58. The number of halogens is 1. The maximum absolute atomic E-state index is 10.5. The van der Waals surface area contributed by atoms with E-state index in [9.17, 15) is 5.11 Å². The topological polar surface area (TPSA) is 29.5 Å². The summed E-state index contributed by atoms with van der Waals surface area (Å²) in [6.45, 7) is 0. The lowest BCUT2D eigenvalue weighted by molar-refractivity contribution is 0.182. The van der Waals surface area contributed by atoms with Gasteiger partial charge in [0.25, 0.3) is 0 Å². The predicted octanol–water partition coefficient (Wildman–Crippen LogP) is 4.67. The first-order valence-electron chi connectivity index (χ1n) is 7.29. The summed E-state index contributed by atoms with van der Waals surface area (Å²) in [7, 11) is 1.66. The molecule has 0 fully saturated rings. The Kier molecular flexibility index (Phi) is 4.67. The molecule has 4 heteroatoms. The minimum atomic E-state index is -0.416. The van der Waals surface area contributed by atoms with Gasteiger partial charge in [0, 0.05) is 16.2 Å². The van der Waals surface area contributed by atoms with E-state index >= 15 is 0 Å². The number of hydrogen-bond donors (Lipinski definition) is 1. The molecule has 0 saturated carbocycles. The summed E-state index contributed by atoms with van der Waals surface area (Å²) >= 11 is 5.28. The van der Waals surface area contributed by atoms with E-state index in [0.717, 1.165) is 20.7 Å². The van der Waals surface area contributed by atoms with Gasteiger partial charge in [0.05, 0.1) is 17.7 Å². The van der Waals surface area contributed by atoms with Crippen molar-refractivity contribution in [1.29, 1.82) is 0 Å². The zero-order valence-electron chi connectivity index (χ0n) is 12.1. The number of aliphatic hydroxyl groups is 1. The van der Waals surface area contributed by atoms with Gasteiger partial charge in [-0.1, -0.05) is 6.07 Å². The highest BCUT2D eigenvalue weighted by atomic mass is 79.9. The van der Waals surface area contributed by atoms with Gasteiger partial charge in [-0.2, -0.15) is 0 Å². The van der Waals surface area contributed by atoms with Crippen LogP contribution in [0.2, 0.25) is 0 Å². The van der Waals surface area contributed by atoms with Crippen molar-refractivity contribution in [2.75, 3.05) is 7.11 Å². The van der Waals surface area contributed by atoms with E-state index in [4.69, 9.17) is 4.74 Å². The van der Waals surface area contributed by atoms with Gasteiger partial charge in [-0.05, 0) is 70.9 Å². The Balaban J connectivity index is 1.75. The number of hydrogen-bond acceptors (Lipinski definition) is 3. The van der Waals surface area contributed by atoms with Crippen LogP contribution >= 0.6 is 27.3 Å². The number of methoxy groups -OCH3 is 1. The quantitative estimate of drug-likeness (QED) is 0.851. The van der Waals surface area contributed by atoms with E-state index in [1.54, 1.807) is 18.4 Å². The first-order chi connectivity index (χ1) is 10.2. The highest BCUT2D eigenvalue weighted by molar-refractivity contribution is 9.10. The normalized spacial score (nSPS) is 15.6. The van der Waals surface area contributed by atoms with Crippen LogP contribution in [0.3, 0.4) is 0 Å². The highest BCUT2D eigenvalue weighted by Crippen LogP contribution is 2.34. The molecule has 2 aromatic rings. The Morgan fingerprint density at radius 3 is 2.81 bits per heavy atom. The van der Waals surface area contributed by atoms with Crippen LogP contribution in [-0.4, -0.2) is 12.2 Å². The first-order valence-corrected chi connectivity index (χ1v) is 8.90. The average molecular weight is 367 g/mol. The Morgan fingerprint density at radius 2 is 2.10 bits per heavy atom. The molecule has 0 radical (unpaired) electrons. The molecule has 1 aromatic carbocycles. The van der Waals surface area contributed by atoms with E-state index in [2.05, 4.69) is 22.0 Å². The number of benzene rings is 1. The maximum Gasteiger partial charge on any atom is 0.133 e. The fraction of sp³-hybridized carbons (Fsp3) is 0.412. The van der Waals surface area contributed by atoms with E-state index in [-0.39, 0.29) is 0 Å². The number of fused-ring (bicyclic) bond motifs is 1. The molecule has 1 aromatic heterocycles. The second-order valence-electron chi connectivity index (χ2n) is 5.49. The van der Waals surface area contributed by atoms with E-state index in [1.807, 2.05) is 18.2 Å². The Morgan fingerprint density at radius 1 is 1.29 bits per heavy atom. The molecule has 2 nitrogen and oxygen atoms in total. The Hall–Kier alpha value is -0.840. The monoisotopic (exact) mass is 366 g/mol. The molecule has 21 heavy (non-hydrogen) atoms. The van der Waals surface area contributed by atoms with E-state index in [0.29, 0.717) is 6.42 Å². The maximum atomic E-state index is 10.5. The summed E-state index contributed by atoms with van der Waals surface area (Å²) in [6, 6.07) is 8.18. The number of rotatable bonds is 4. The molecular formula is C17H19BrO2S. The van der Waals surface area contributed by atoms with Crippen molar-refractivity contribution in [3.63, 3.8) is 0 Å². The molecule has 1 N–H and O–H groups in total. The third kappa shape index (κ3) is 3.33. The minimum Gasteiger partial charge on any atom is -0.496 e. The summed E-state index contributed by atoms with van der Waals surface area (Å²) in [5.41, 5.74) is 2.57. The highest BCUT2D eigenvalue weighted by Gasteiger charge is 2.18. The molecule has 1 aliphatic rings. The number of aliphatic hydroxyl groups excluding tert-OH is 1.